The smallest absolute Gasteiger partial charge is 0.326 e. The molecule has 7 amide bonds. The minimum Gasteiger partial charge on any atom is -0.508 e. The van der Waals surface area contributed by atoms with Gasteiger partial charge in [-0.3, -0.25) is 43.2 Å². The molecule has 0 aliphatic carbocycles. The molecule has 0 aliphatic rings. The SMILES string of the molecule is CC(C)C[C@H](NC(=O)CNC(=O)[C@H](CC(C)C)NC(=O)[C@H](CC(=O)O)NC(=O)[C@H](CC(=O)O)NC(=O)[C@H](Cc1ccc(O)cc1)NC(=O)[C@H](Cc1ccc(O)cc1)NC(=O)[C@@H](N)CO)C(=O)O. The van der Waals surface area contributed by atoms with Gasteiger partial charge in [0.15, 0.2) is 0 Å². The van der Waals surface area contributed by atoms with Crippen LogP contribution in [0.25, 0.3) is 0 Å². The molecule has 0 aromatic heterocycles. The quantitative estimate of drug-likeness (QED) is 0.0414. The predicted molar refractivity (Wildman–Crippen MR) is 234 cm³/mol. The van der Waals surface area contributed by atoms with Crippen molar-refractivity contribution in [1.29, 1.82) is 0 Å². The second kappa shape index (κ2) is 27.2. The third-order valence-electron chi connectivity index (χ3n) is 9.68. The van der Waals surface area contributed by atoms with E-state index in [2.05, 4.69) is 37.2 Å². The van der Waals surface area contributed by atoms with Crippen LogP contribution < -0.4 is 43.0 Å². The first-order valence-electron chi connectivity index (χ1n) is 21.1. The monoisotopic (exact) mass is 944 g/mol. The van der Waals surface area contributed by atoms with Gasteiger partial charge in [-0.25, -0.2) is 4.79 Å². The number of nitrogens with two attached hydrogens (primary N) is 1. The number of carbonyl (C=O) groups excluding carboxylic acids is 7. The molecule has 2 aromatic rings. The Kier molecular flexibility index (Phi) is 22.7. The number of hydrogen-bond acceptors (Lipinski definition) is 14. The summed E-state index contributed by atoms with van der Waals surface area (Å²) in [5.74, 6) is -12.7. The van der Waals surface area contributed by atoms with Crippen molar-refractivity contribution in [3.63, 3.8) is 0 Å². The Morgan fingerprint density at radius 1 is 0.493 bits per heavy atom. The van der Waals surface area contributed by atoms with Crippen molar-refractivity contribution in [1.82, 2.24) is 37.2 Å². The summed E-state index contributed by atoms with van der Waals surface area (Å²) in [6.07, 6.45) is -2.82. The minimum atomic E-state index is -2.04. The Balaban J connectivity index is 2.40. The molecule has 7 atom stereocenters. The van der Waals surface area contributed by atoms with Crippen LogP contribution in [-0.4, -0.2) is 145 Å². The molecule has 15 N–H and O–H groups in total. The lowest BCUT2D eigenvalue weighted by atomic mass is 10.0. The molecule has 24 heteroatoms. The number of rotatable bonds is 28. The lowest BCUT2D eigenvalue weighted by Crippen LogP contribution is -2.60. The summed E-state index contributed by atoms with van der Waals surface area (Å²) in [6, 6.07) is -0.492. The molecule has 24 nitrogen and oxygen atoms in total. The highest BCUT2D eigenvalue weighted by Gasteiger charge is 2.35. The van der Waals surface area contributed by atoms with E-state index in [1.807, 2.05) is 0 Å². The summed E-state index contributed by atoms with van der Waals surface area (Å²) in [5, 5.41) is 73.9. The molecule has 0 saturated carbocycles. The summed E-state index contributed by atoms with van der Waals surface area (Å²) in [6.45, 7) is 5.35. The zero-order chi connectivity index (χ0) is 50.5. The predicted octanol–water partition coefficient (Wildman–Crippen LogP) is -2.65. The summed E-state index contributed by atoms with van der Waals surface area (Å²) in [7, 11) is 0. The van der Waals surface area contributed by atoms with E-state index in [0.29, 0.717) is 11.1 Å². The first kappa shape index (κ1) is 55.8. The molecule has 0 saturated heterocycles. The highest BCUT2D eigenvalue weighted by atomic mass is 16.4. The van der Waals surface area contributed by atoms with Crippen molar-refractivity contribution < 1.29 is 78.6 Å². The average molecular weight is 945 g/mol. The van der Waals surface area contributed by atoms with Crippen LogP contribution >= 0.6 is 0 Å². The molecule has 0 heterocycles. The van der Waals surface area contributed by atoms with Crippen molar-refractivity contribution in [2.75, 3.05) is 13.2 Å². The van der Waals surface area contributed by atoms with Gasteiger partial charge in [-0.15, -0.1) is 0 Å². The van der Waals surface area contributed by atoms with Gasteiger partial charge in [0.25, 0.3) is 0 Å². The fourth-order valence-corrected chi connectivity index (χ4v) is 6.30. The van der Waals surface area contributed by atoms with Gasteiger partial charge >= 0.3 is 17.9 Å². The number of phenols is 2. The summed E-state index contributed by atoms with van der Waals surface area (Å²) in [5.41, 5.74) is 6.40. The largest absolute Gasteiger partial charge is 0.508 e. The summed E-state index contributed by atoms with van der Waals surface area (Å²) >= 11 is 0. The molecule has 0 unspecified atom stereocenters. The van der Waals surface area contributed by atoms with E-state index < -0.39 is 128 Å². The molecule has 368 valence electrons. The number of benzene rings is 2. The van der Waals surface area contributed by atoms with Crippen LogP contribution in [0, 0.1) is 11.8 Å². The molecular formula is C43H60N8O16. The fourth-order valence-electron chi connectivity index (χ4n) is 6.30. The maximum Gasteiger partial charge on any atom is 0.326 e. The van der Waals surface area contributed by atoms with E-state index in [4.69, 9.17) is 5.73 Å². The number of amides is 7. The van der Waals surface area contributed by atoms with Crippen molar-refractivity contribution in [3.05, 3.63) is 59.7 Å². The molecule has 0 spiro atoms. The lowest BCUT2D eigenvalue weighted by Gasteiger charge is -2.27. The number of nitrogens with one attached hydrogen (secondary N) is 7. The number of aliphatic hydroxyl groups excluding tert-OH is 1. The van der Waals surface area contributed by atoms with Gasteiger partial charge in [-0.1, -0.05) is 52.0 Å². The maximum atomic E-state index is 14.0. The van der Waals surface area contributed by atoms with Gasteiger partial charge in [0.2, 0.25) is 41.4 Å². The Bertz CT molecular complexity index is 2070. The third kappa shape index (κ3) is 20.6. The van der Waals surface area contributed by atoms with E-state index in [1.54, 1.807) is 27.7 Å². The molecular weight excluding hydrogens is 885 g/mol. The first-order chi connectivity index (χ1) is 31.4. The topological polar surface area (TPSA) is 402 Å². The average Bonchev–Trinajstić information content (AvgIpc) is 3.24. The van der Waals surface area contributed by atoms with Crippen LogP contribution in [-0.2, 0) is 60.8 Å². The number of aliphatic hydroxyl groups is 1. The van der Waals surface area contributed by atoms with E-state index in [0.717, 1.165) is 0 Å². The van der Waals surface area contributed by atoms with Crippen molar-refractivity contribution in [2.45, 2.75) is 109 Å². The Morgan fingerprint density at radius 2 is 0.851 bits per heavy atom. The second-order valence-corrected chi connectivity index (χ2v) is 16.5. The van der Waals surface area contributed by atoms with Gasteiger partial charge in [0.05, 0.1) is 26.0 Å². The van der Waals surface area contributed by atoms with Gasteiger partial charge in [0.1, 0.15) is 53.8 Å². The fraction of sp³-hybridized carbons (Fsp3) is 0.488. The molecule has 67 heavy (non-hydrogen) atoms. The third-order valence-corrected chi connectivity index (χ3v) is 9.68. The van der Waals surface area contributed by atoms with Gasteiger partial charge in [-0.05, 0) is 60.1 Å². The number of phenolic OH excluding ortho intramolecular Hbond substituents is 2. The number of carboxylic acids is 3. The highest BCUT2D eigenvalue weighted by molar-refractivity contribution is 5.99. The number of aromatic hydroxyl groups is 2. The van der Waals surface area contributed by atoms with Gasteiger partial charge < -0.3 is 73.6 Å². The molecule has 0 bridgehead atoms. The van der Waals surface area contributed by atoms with Crippen molar-refractivity contribution in [2.24, 2.45) is 17.6 Å². The zero-order valence-corrected chi connectivity index (χ0v) is 37.3. The van der Waals surface area contributed by atoms with Crippen LogP contribution in [0.15, 0.2) is 48.5 Å². The normalized spacial score (nSPS) is 14.1. The van der Waals surface area contributed by atoms with Crippen LogP contribution in [0.2, 0.25) is 0 Å². The molecule has 0 radical (unpaired) electrons. The number of carbonyl (C=O) groups is 10. The van der Waals surface area contributed by atoms with E-state index >= 15 is 0 Å². The molecule has 0 aliphatic heterocycles. The molecule has 2 aromatic carbocycles. The van der Waals surface area contributed by atoms with Crippen molar-refractivity contribution >= 4 is 59.3 Å². The molecule has 0 fully saturated rings. The van der Waals surface area contributed by atoms with Crippen LogP contribution in [0.4, 0.5) is 0 Å². The van der Waals surface area contributed by atoms with Crippen molar-refractivity contribution in [3.8, 4) is 11.5 Å². The first-order valence-corrected chi connectivity index (χ1v) is 21.1. The maximum absolute atomic E-state index is 14.0. The summed E-state index contributed by atoms with van der Waals surface area (Å²) in [4.78, 5) is 129. The highest BCUT2D eigenvalue weighted by Crippen LogP contribution is 2.15. The lowest BCUT2D eigenvalue weighted by molar-refractivity contribution is -0.143. The summed E-state index contributed by atoms with van der Waals surface area (Å²) < 4.78 is 0. The Hall–Kier alpha value is -7.34. The standard InChI is InChI=1S/C43H60N8O16/c1-21(2)13-28(38(61)45-19-34(55)46-33(43(66)67)14-22(3)4)48-41(64)31(17-35(56)57)51-42(65)32(18-36(58)59)50-40(63)30(16-24-7-11-26(54)12-8-24)49-39(62)29(47-37(60)27(44)20-52)15-23-5-9-25(53)10-6-23/h5-12,21-22,27-33,52-54H,13-20,44H2,1-4H3,(H,45,61)(H,46,55)(H,47,60)(H,48,64)(H,49,62)(H,50,63)(H,51,65)(H,56,57)(H,58,59)(H,66,67)/t27-,28-,29-,30-,31-,32-,33-/m0/s1. The van der Waals surface area contributed by atoms with E-state index in [-0.39, 0.29) is 49.0 Å². The van der Waals surface area contributed by atoms with Crippen LogP contribution in [0.3, 0.4) is 0 Å². The van der Waals surface area contributed by atoms with Crippen LogP contribution in [0.1, 0.15) is 64.5 Å². The Morgan fingerprint density at radius 3 is 1.22 bits per heavy atom. The Labute approximate surface area is 384 Å². The van der Waals surface area contributed by atoms with Crippen LogP contribution in [0.5, 0.6) is 11.5 Å². The minimum absolute atomic E-state index is 0.0718. The zero-order valence-electron chi connectivity index (χ0n) is 37.3. The van der Waals surface area contributed by atoms with E-state index in [9.17, 15) is 78.6 Å². The number of carboxylic acid groups (broad SMARTS) is 3. The number of aliphatic carboxylic acids is 3. The second-order valence-electron chi connectivity index (χ2n) is 16.5. The van der Waals surface area contributed by atoms with Gasteiger partial charge in [0, 0.05) is 12.8 Å². The van der Waals surface area contributed by atoms with E-state index in [1.165, 1.54) is 48.5 Å². The van der Waals surface area contributed by atoms with Gasteiger partial charge in [-0.2, -0.15) is 0 Å². The molecule has 2 rings (SSSR count). The number of hydrogen-bond donors (Lipinski definition) is 14.